The number of halogens is 2. The van der Waals surface area contributed by atoms with Crippen LogP contribution in [0, 0.1) is 12.7 Å². The van der Waals surface area contributed by atoms with E-state index in [1.165, 1.54) is 18.2 Å². The van der Waals surface area contributed by atoms with Gasteiger partial charge in [0.15, 0.2) is 0 Å². The third kappa shape index (κ3) is 2.92. The number of benzene rings is 1. The van der Waals surface area contributed by atoms with Crippen LogP contribution >= 0.6 is 15.9 Å². The van der Waals surface area contributed by atoms with Gasteiger partial charge in [0, 0.05) is 5.56 Å². The molecule has 0 radical (unpaired) electrons. The summed E-state index contributed by atoms with van der Waals surface area (Å²) < 4.78 is 13.7. The Morgan fingerprint density at radius 1 is 1.33 bits per heavy atom. The zero-order valence-corrected chi connectivity index (χ0v) is 11.2. The van der Waals surface area contributed by atoms with E-state index >= 15 is 0 Å². The predicted octanol–water partition coefficient (Wildman–Crippen LogP) is 3.54. The molecule has 2 aromatic rings. The van der Waals surface area contributed by atoms with Gasteiger partial charge in [-0.05, 0) is 58.7 Å². The third-order valence-electron chi connectivity index (χ3n) is 2.38. The summed E-state index contributed by atoms with van der Waals surface area (Å²) in [5, 5.41) is 2.64. The van der Waals surface area contributed by atoms with E-state index < -0.39 is 0 Å². The molecule has 1 N–H and O–H groups in total. The van der Waals surface area contributed by atoms with Gasteiger partial charge >= 0.3 is 0 Å². The number of aryl methyl sites for hydroxylation is 1. The molecule has 0 aliphatic heterocycles. The average Bonchev–Trinajstić information content (AvgIpc) is 2.32. The maximum Gasteiger partial charge on any atom is 0.256 e. The first kappa shape index (κ1) is 12.7. The van der Waals surface area contributed by atoms with E-state index in [2.05, 4.69) is 26.2 Å². The van der Waals surface area contributed by atoms with E-state index in [1.54, 1.807) is 25.1 Å². The summed E-state index contributed by atoms with van der Waals surface area (Å²) in [5.41, 5.74) is 0.834. The molecule has 18 heavy (non-hydrogen) atoms. The summed E-state index contributed by atoms with van der Waals surface area (Å²) in [6.45, 7) is 1.61. The molecule has 0 saturated heterocycles. The van der Waals surface area contributed by atoms with Crippen LogP contribution in [0.2, 0.25) is 0 Å². The molecule has 3 nitrogen and oxygen atoms in total. The fourth-order valence-electron chi connectivity index (χ4n) is 1.45. The molecule has 0 fully saturated rings. The fraction of sp³-hybridized carbons (Fsp3) is 0.0769. The Balaban J connectivity index is 2.19. The number of nitrogens with one attached hydrogen (secondary N) is 1. The quantitative estimate of drug-likeness (QED) is 0.862. The van der Waals surface area contributed by atoms with Gasteiger partial charge in [0.1, 0.15) is 16.2 Å². The standard InChI is InChI=1S/C13H10BrFN2O/c1-8-7-9(5-6-10(8)15)13(18)17-12-4-2-3-11(14)16-12/h2-7H,1H3,(H,16,17,18). The first-order valence-corrected chi connectivity index (χ1v) is 6.05. The fourth-order valence-corrected chi connectivity index (χ4v) is 1.80. The van der Waals surface area contributed by atoms with Crippen LogP contribution in [0.4, 0.5) is 10.2 Å². The number of anilines is 1. The molecule has 1 aromatic heterocycles. The van der Waals surface area contributed by atoms with Crippen LogP contribution < -0.4 is 5.32 Å². The average molecular weight is 309 g/mol. The minimum absolute atomic E-state index is 0.316. The van der Waals surface area contributed by atoms with Crippen molar-refractivity contribution >= 4 is 27.7 Å². The van der Waals surface area contributed by atoms with Gasteiger partial charge in [-0.2, -0.15) is 0 Å². The van der Waals surface area contributed by atoms with Crippen molar-refractivity contribution in [2.45, 2.75) is 6.92 Å². The molecule has 0 saturated carbocycles. The number of carbonyl (C=O) groups excluding carboxylic acids is 1. The molecule has 0 unspecified atom stereocenters. The van der Waals surface area contributed by atoms with E-state index in [4.69, 9.17) is 0 Å². The van der Waals surface area contributed by atoms with Gasteiger partial charge < -0.3 is 5.32 Å². The van der Waals surface area contributed by atoms with Gasteiger partial charge in [0.2, 0.25) is 0 Å². The van der Waals surface area contributed by atoms with Gasteiger partial charge in [-0.25, -0.2) is 9.37 Å². The van der Waals surface area contributed by atoms with Gasteiger partial charge in [0.05, 0.1) is 0 Å². The Kier molecular flexibility index (Phi) is 3.72. The molecule has 1 heterocycles. The second kappa shape index (κ2) is 5.27. The number of amides is 1. The summed E-state index contributed by atoms with van der Waals surface area (Å²) in [4.78, 5) is 16.0. The topological polar surface area (TPSA) is 42.0 Å². The van der Waals surface area contributed by atoms with Gasteiger partial charge in [-0.3, -0.25) is 4.79 Å². The maximum absolute atomic E-state index is 13.1. The molecular formula is C13H10BrFN2O. The number of nitrogens with zero attached hydrogens (tertiary/aromatic N) is 1. The molecule has 0 bridgehead atoms. The predicted molar refractivity (Wildman–Crippen MR) is 71.0 cm³/mol. The Morgan fingerprint density at radius 2 is 2.11 bits per heavy atom. The van der Waals surface area contributed by atoms with Crippen molar-refractivity contribution in [2.24, 2.45) is 0 Å². The summed E-state index contributed by atoms with van der Waals surface area (Å²) >= 11 is 3.22. The van der Waals surface area contributed by atoms with Crippen LogP contribution in [-0.2, 0) is 0 Å². The second-order valence-corrected chi connectivity index (χ2v) is 4.58. The number of hydrogen-bond acceptors (Lipinski definition) is 2. The SMILES string of the molecule is Cc1cc(C(=O)Nc2cccc(Br)n2)ccc1F. The Hall–Kier alpha value is -1.75. The van der Waals surface area contributed by atoms with E-state index in [0.29, 0.717) is 21.5 Å². The molecule has 1 amide bonds. The van der Waals surface area contributed by atoms with Crippen molar-refractivity contribution in [1.82, 2.24) is 4.98 Å². The summed E-state index contributed by atoms with van der Waals surface area (Å²) in [5.74, 6) is -0.202. The van der Waals surface area contributed by atoms with Crippen molar-refractivity contribution in [1.29, 1.82) is 0 Å². The molecule has 0 aliphatic carbocycles. The molecule has 0 spiro atoms. The highest BCUT2D eigenvalue weighted by Gasteiger charge is 2.08. The Morgan fingerprint density at radius 3 is 2.78 bits per heavy atom. The largest absolute Gasteiger partial charge is 0.307 e. The van der Waals surface area contributed by atoms with E-state index in [-0.39, 0.29) is 11.7 Å². The van der Waals surface area contributed by atoms with Crippen LogP contribution in [0.3, 0.4) is 0 Å². The Bertz CT molecular complexity index is 601. The molecule has 0 atom stereocenters. The number of pyridine rings is 1. The first-order valence-electron chi connectivity index (χ1n) is 5.26. The molecule has 0 aliphatic rings. The first-order chi connectivity index (χ1) is 8.56. The third-order valence-corrected chi connectivity index (χ3v) is 2.82. The van der Waals surface area contributed by atoms with Crippen LogP contribution in [0.1, 0.15) is 15.9 Å². The van der Waals surface area contributed by atoms with Gasteiger partial charge in [-0.15, -0.1) is 0 Å². The van der Waals surface area contributed by atoms with E-state index in [1.807, 2.05) is 0 Å². The van der Waals surface area contributed by atoms with Crippen LogP contribution in [0.15, 0.2) is 41.0 Å². The smallest absolute Gasteiger partial charge is 0.256 e. The number of carbonyl (C=O) groups is 1. The number of rotatable bonds is 2. The van der Waals surface area contributed by atoms with Crippen LogP contribution in [0.25, 0.3) is 0 Å². The Labute approximate surface area is 112 Å². The summed E-state index contributed by atoms with van der Waals surface area (Å²) in [6, 6.07) is 9.43. The zero-order chi connectivity index (χ0) is 13.1. The molecule has 92 valence electrons. The van der Waals surface area contributed by atoms with Crippen LogP contribution in [0.5, 0.6) is 0 Å². The lowest BCUT2D eigenvalue weighted by Gasteiger charge is -2.05. The lowest BCUT2D eigenvalue weighted by atomic mass is 10.1. The molecule has 2 rings (SSSR count). The summed E-state index contributed by atoms with van der Waals surface area (Å²) in [6.07, 6.45) is 0. The zero-order valence-electron chi connectivity index (χ0n) is 9.58. The highest BCUT2D eigenvalue weighted by molar-refractivity contribution is 9.10. The highest BCUT2D eigenvalue weighted by Crippen LogP contribution is 2.13. The minimum Gasteiger partial charge on any atom is -0.307 e. The lowest BCUT2D eigenvalue weighted by Crippen LogP contribution is -2.13. The molecular weight excluding hydrogens is 299 g/mol. The van der Waals surface area contributed by atoms with Crippen molar-refractivity contribution in [2.75, 3.05) is 5.32 Å². The second-order valence-electron chi connectivity index (χ2n) is 3.76. The maximum atomic E-state index is 13.1. The molecule has 1 aromatic carbocycles. The van der Waals surface area contributed by atoms with Crippen molar-refractivity contribution in [3.63, 3.8) is 0 Å². The summed E-state index contributed by atoms with van der Waals surface area (Å²) in [7, 11) is 0. The van der Waals surface area contributed by atoms with Gasteiger partial charge in [0.25, 0.3) is 5.91 Å². The van der Waals surface area contributed by atoms with Gasteiger partial charge in [-0.1, -0.05) is 6.07 Å². The minimum atomic E-state index is -0.327. The van der Waals surface area contributed by atoms with E-state index in [9.17, 15) is 9.18 Å². The lowest BCUT2D eigenvalue weighted by molar-refractivity contribution is 0.102. The number of aromatic nitrogens is 1. The van der Waals surface area contributed by atoms with E-state index in [0.717, 1.165) is 0 Å². The monoisotopic (exact) mass is 308 g/mol. The van der Waals surface area contributed by atoms with Crippen molar-refractivity contribution in [3.05, 3.63) is 57.9 Å². The van der Waals surface area contributed by atoms with Crippen molar-refractivity contribution in [3.8, 4) is 0 Å². The highest BCUT2D eigenvalue weighted by atomic mass is 79.9. The van der Waals surface area contributed by atoms with Crippen molar-refractivity contribution < 1.29 is 9.18 Å². The molecule has 5 heteroatoms. The van der Waals surface area contributed by atoms with Crippen LogP contribution in [-0.4, -0.2) is 10.9 Å². The normalized spacial score (nSPS) is 10.2. The number of hydrogen-bond donors (Lipinski definition) is 1.